The molecular formula is C20H20FN3O5S2. The summed E-state index contributed by atoms with van der Waals surface area (Å²) in [5.74, 6) is -0.153. The van der Waals surface area contributed by atoms with Crippen molar-refractivity contribution in [3.63, 3.8) is 0 Å². The number of halogens is 1. The molecule has 0 bridgehead atoms. The third kappa shape index (κ3) is 6.18. The van der Waals surface area contributed by atoms with Gasteiger partial charge in [-0.1, -0.05) is 0 Å². The molecule has 0 radical (unpaired) electrons. The lowest BCUT2D eigenvalue weighted by molar-refractivity contribution is -0.113. The summed E-state index contributed by atoms with van der Waals surface area (Å²) in [6.07, 6.45) is 0. The van der Waals surface area contributed by atoms with Gasteiger partial charge in [0.1, 0.15) is 11.6 Å². The number of nitrogens with one attached hydrogen (secondary N) is 1. The third-order valence-electron chi connectivity index (χ3n) is 4.27. The fraction of sp³-hybridized carbons (Fsp3) is 0.300. The summed E-state index contributed by atoms with van der Waals surface area (Å²) in [7, 11) is -3.79. The third-order valence-corrected chi connectivity index (χ3v) is 6.97. The Hall–Kier alpha value is -2.65. The van der Waals surface area contributed by atoms with E-state index >= 15 is 0 Å². The lowest BCUT2D eigenvalue weighted by Gasteiger charge is -2.26. The van der Waals surface area contributed by atoms with E-state index in [1.807, 2.05) is 6.07 Å². The Bertz CT molecular complexity index is 1070. The van der Waals surface area contributed by atoms with Crippen LogP contribution in [0.1, 0.15) is 0 Å². The van der Waals surface area contributed by atoms with E-state index in [1.165, 1.54) is 46.8 Å². The predicted molar refractivity (Wildman–Crippen MR) is 114 cm³/mol. The molecule has 0 aliphatic carbocycles. The van der Waals surface area contributed by atoms with Crippen LogP contribution in [0.15, 0.2) is 47.4 Å². The number of anilines is 1. The zero-order valence-corrected chi connectivity index (χ0v) is 18.0. The van der Waals surface area contributed by atoms with Crippen LogP contribution in [-0.4, -0.2) is 56.4 Å². The van der Waals surface area contributed by atoms with E-state index < -0.39 is 21.7 Å². The number of ether oxygens (including phenoxy) is 2. The molecule has 0 atom stereocenters. The van der Waals surface area contributed by atoms with E-state index in [4.69, 9.17) is 14.7 Å². The van der Waals surface area contributed by atoms with Crippen molar-refractivity contribution in [2.75, 3.05) is 43.1 Å². The van der Waals surface area contributed by atoms with Crippen LogP contribution in [0.5, 0.6) is 11.5 Å². The molecule has 0 saturated carbocycles. The van der Waals surface area contributed by atoms with E-state index in [0.717, 1.165) is 11.8 Å². The number of hydrogen-bond donors (Lipinski definition) is 1. The van der Waals surface area contributed by atoms with Crippen LogP contribution >= 0.6 is 11.8 Å². The van der Waals surface area contributed by atoms with Gasteiger partial charge in [-0.05, 0) is 42.5 Å². The van der Waals surface area contributed by atoms with Gasteiger partial charge in [-0.2, -0.15) is 9.57 Å². The molecule has 1 N–H and O–H groups in total. The molecule has 0 spiro atoms. The van der Waals surface area contributed by atoms with Gasteiger partial charge in [0.25, 0.3) is 0 Å². The minimum absolute atomic E-state index is 0.000772. The highest BCUT2D eigenvalue weighted by Gasteiger charge is 2.27. The van der Waals surface area contributed by atoms with Gasteiger partial charge < -0.3 is 14.8 Å². The maximum Gasteiger partial charge on any atom is 0.243 e. The monoisotopic (exact) mass is 465 g/mol. The van der Waals surface area contributed by atoms with Crippen LogP contribution in [0.25, 0.3) is 0 Å². The van der Waals surface area contributed by atoms with E-state index in [-0.39, 0.29) is 40.9 Å². The molecule has 0 aromatic heterocycles. The van der Waals surface area contributed by atoms with E-state index in [2.05, 4.69) is 5.32 Å². The Kier molecular flexibility index (Phi) is 7.86. The van der Waals surface area contributed by atoms with Crippen molar-refractivity contribution in [3.05, 3.63) is 48.3 Å². The van der Waals surface area contributed by atoms with E-state index in [0.29, 0.717) is 19.0 Å². The number of thioether (sulfide) groups is 1. The molecule has 1 aliphatic rings. The molecule has 1 amide bonds. The number of hydrogen-bond acceptors (Lipinski definition) is 7. The fourth-order valence-corrected chi connectivity index (χ4v) is 4.68. The normalized spacial score (nSPS) is 14.6. The maximum atomic E-state index is 13.2. The number of nitrogens with zero attached hydrogens (tertiary/aromatic N) is 2. The van der Waals surface area contributed by atoms with Gasteiger partial charge in [0.2, 0.25) is 15.9 Å². The van der Waals surface area contributed by atoms with Crippen LogP contribution < -0.4 is 10.1 Å². The van der Waals surface area contributed by atoms with Crippen molar-refractivity contribution in [3.8, 4) is 17.6 Å². The predicted octanol–water partition coefficient (Wildman–Crippen LogP) is 2.83. The summed E-state index contributed by atoms with van der Waals surface area (Å²) >= 11 is 1.13. The molecule has 8 nitrogen and oxygen atoms in total. The lowest BCUT2D eigenvalue weighted by atomic mass is 10.2. The van der Waals surface area contributed by atoms with Crippen LogP contribution in [0, 0.1) is 17.1 Å². The minimum atomic E-state index is -3.79. The highest BCUT2D eigenvalue weighted by atomic mass is 32.2. The van der Waals surface area contributed by atoms with Gasteiger partial charge in [0, 0.05) is 13.1 Å². The van der Waals surface area contributed by atoms with Gasteiger partial charge in [0.05, 0.1) is 41.4 Å². The first kappa shape index (κ1) is 23.0. The van der Waals surface area contributed by atoms with Crippen molar-refractivity contribution in [1.29, 1.82) is 5.26 Å². The quantitative estimate of drug-likeness (QED) is 0.597. The summed E-state index contributed by atoms with van der Waals surface area (Å²) < 4.78 is 51.4. The summed E-state index contributed by atoms with van der Waals surface area (Å²) in [4.78, 5) is 12.3. The fourth-order valence-electron chi connectivity index (χ4n) is 2.80. The number of amides is 1. The molecule has 11 heteroatoms. The van der Waals surface area contributed by atoms with Crippen LogP contribution in [-0.2, 0) is 19.6 Å². The second kappa shape index (κ2) is 10.6. The lowest BCUT2D eigenvalue weighted by Crippen LogP contribution is -2.40. The molecule has 164 valence electrons. The number of carbonyl (C=O) groups excluding carboxylic acids is 1. The summed E-state index contributed by atoms with van der Waals surface area (Å²) in [5.41, 5.74) is 0.154. The maximum absolute atomic E-state index is 13.2. The number of carbonyl (C=O) groups is 1. The van der Waals surface area contributed by atoms with Gasteiger partial charge in [-0.15, -0.1) is 11.8 Å². The molecule has 1 aliphatic heterocycles. The number of sulfonamides is 1. The first-order valence-electron chi connectivity index (χ1n) is 9.30. The molecule has 0 unspecified atom stereocenters. The Balaban J connectivity index is 1.89. The molecular weight excluding hydrogens is 445 g/mol. The molecule has 2 aromatic carbocycles. The van der Waals surface area contributed by atoms with Gasteiger partial charge in [-0.3, -0.25) is 4.79 Å². The topological polar surface area (TPSA) is 109 Å². The van der Waals surface area contributed by atoms with Crippen LogP contribution in [0.4, 0.5) is 10.1 Å². The smallest absolute Gasteiger partial charge is 0.243 e. The Labute approximate surface area is 184 Å². The zero-order valence-electron chi connectivity index (χ0n) is 16.4. The Morgan fingerprint density at radius 2 is 1.94 bits per heavy atom. The van der Waals surface area contributed by atoms with Crippen LogP contribution in [0.2, 0.25) is 0 Å². The van der Waals surface area contributed by atoms with Crippen molar-refractivity contribution in [1.82, 2.24) is 4.31 Å². The largest absolute Gasteiger partial charge is 0.455 e. The second-order valence-electron chi connectivity index (χ2n) is 6.43. The second-order valence-corrected chi connectivity index (χ2v) is 9.35. The number of benzene rings is 2. The first-order chi connectivity index (χ1) is 14.9. The molecule has 1 saturated heterocycles. The Morgan fingerprint density at radius 3 is 2.61 bits per heavy atom. The van der Waals surface area contributed by atoms with Gasteiger partial charge >= 0.3 is 0 Å². The summed E-state index contributed by atoms with van der Waals surface area (Å²) in [6, 6.07) is 11.4. The van der Waals surface area contributed by atoms with E-state index in [1.54, 1.807) is 0 Å². The summed E-state index contributed by atoms with van der Waals surface area (Å²) in [6.45, 7) is 1.10. The zero-order chi connectivity index (χ0) is 22.3. The molecule has 31 heavy (non-hydrogen) atoms. The highest BCUT2D eigenvalue weighted by molar-refractivity contribution is 8.00. The average Bonchev–Trinajstić information content (AvgIpc) is 2.77. The standard InChI is InChI=1S/C20H20FN3O5S2/c21-15-1-3-16(4-2-15)29-19-6-5-17(31(26,27)24-8-10-28-11-9-24)13-18(19)23-20(25)14-30-12-7-22/h1-6,13H,8-12,14H2,(H,23,25). The SMILES string of the molecule is N#CCSCC(=O)Nc1cc(S(=O)(=O)N2CCOCC2)ccc1Oc1ccc(F)cc1. The van der Waals surface area contributed by atoms with Gasteiger partial charge in [0.15, 0.2) is 5.75 Å². The van der Waals surface area contributed by atoms with Gasteiger partial charge in [-0.25, -0.2) is 12.8 Å². The Morgan fingerprint density at radius 1 is 1.23 bits per heavy atom. The number of nitriles is 1. The van der Waals surface area contributed by atoms with Crippen molar-refractivity contribution in [2.45, 2.75) is 4.90 Å². The van der Waals surface area contributed by atoms with Crippen molar-refractivity contribution in [2.24, 2.45) is 0 Å². The molecule has 1 heterocycles. The summed E-state index contributed by atoms with van der Waals surface area (Å²) in [5, 5.41) is 11.3. The first-order valence-corrected chi connectivity index (χ1v) is 11.9. The minimum Gasteiger partial charge on any atom is -0.455 e. The number of morpholine rings is 1. The van der Waals surface area contributed by atoms with Crippen molar-refractivity contribution >= 4 is 33.4 Å². The van der Waals surface area contributed by atoms with E-state index in [9.17, 15) is 17.6 Å². The number of rotatable bonds is 8. The van der Waals surface area contributed by atoms with Crippen LogP contribution in [0.3, 0.4) is 0 Å². The molecule has 3 rings (SSSR count). The molecule has 2 aromatic rings. The average molecular weight is 466 g/mol. The van der Waals surface area contributed by atoms with Crippen molar-refractivity contribution < 1.29 is 27.1 Å². The molecule has 1 fully saturated rings. The highest BCUT2D eigenvalue weighted by Crippen LogP contribution is 2.33.